The molecule has 0 atom stereocenters. The van der Waals surface area contributed by atoms with E-state index in [2.05, 4.69) is 15.5 Å². The van der Waals surface area contributed by atoms with E-state index in [1.165, 1.54) is 16.4 Å². The van der Waals surface area contributed by atoms with Crippen molar-refractivity contribution in [1.29, 1.82) is 0 Å². The number of carbonyl (C=O) groups excluding carboxylic acids is 1. The number of rotatable bonds is 6. The van der Waals surface area contributed by atoms with E-state index >= 15 is 0 Å². The molecule has 10 nitrogen and oxygen atoms in total. The summed E-state index contributed by atoms with van der Waals surface area (Å²) in [5.74, 6) is -0.680. The zero-order valence-electron chi connectivity index (χ0n) is 18.6. The third-order valence-corrected chi connectivity index (χ3v) is 8.67. The lowest BCUT2D eigenvalue weighted by Crippen LogP contribution is -2.41. The molecule has 1 fully saturated rings. The van der Waals surface area contributed by atoms with Gasteiger partial charge in [-0.3, -0.25) is 10.1 Å². The number of sulfonamides is 1. The van der Waals surface area contributed by atoms with E-state index < -0.39 is 25.8 Å². The zero-order valence-corrected chi connectivity index (χ0v) is 20.3. The fourth-order valence-corrected chi connectivity index (χ4v) is 5.81. The lowest BCUT2D eigenvalue weighted by atomic mass is 9.97. The molecule has 1 saturated heterocycles. The van der Waals surface area contributed by atoms with Crippen LogP contribution in [0.25, 0.3) is 11.5 Å². The standard InChI is InChI=1S/C22H24N4O6S2/c1-15-6-8-18(9-7-15)34(30,31)26-12-10-16(11-13-26)20(27)23-22-25-24-21(32-22)17-4-3-5-19(14-17)33(2,28)29/h3-9,14,16H,10-13H2,1-2H3,(H,23,25,27). The average Bonchev–Trinajstić information content (AvgIpc) is 3.27. The molecule has 1 N–H and O–H groups in total. The van der Waals surface area contributed by atoms with Gasteiger partial charge in [-0.1, -0.05) is 28.9 Å². The normalized spacial score (nSPS) is 15.8. The molecule has 3 aromatic rings. The fourth-order valence-electron chi connectivity index (χ4n) is 3.68. The maximum atomic E-state index is 12.8. The Morgan fingerprint density at radius 3 is 2.32 bits per heavy atom. The van der Waals surface area contributed by atoms with Crippen LogP contribution in [-0.4, -0.2) is 56.6 Å². The van der Waals surface area contributed by atoms with Crippen LogP contribution in [0.1, 0.15) is 18.4 Å². The molecule has 180 valence electrons. The summed E-state index contributed by atoms with van der Waals surface area (Å²) in [4.78, 5) is 13.0. The summed E-state index contributed by atoms with van der Waals surface area (Å²) < 4.78 is 56.1. The van der Waals surface area contributed by atoms with E-state index in [4.69, 9.17) is 4.42 Å². The van der Waals surface area contributed by atoms with Gasteiger partial charge in [-0.2, -0.15) is 4.31 Å². The Balaban J connectivity index is 1.38. The van der Waals surface area contributed by atoms with Gasteiger partial charge in [0.1, 0.15) is 0 Å². The highest BCUT2D eigenvalue weighted by atomic mass is 32.2. The second-order valence-electron chi connectivity index (χ2n) is 8.19. The SMILES string of the molecule is Cc1ccc(S(=O)(=O)N2CCC(C(=O)Nc3nnc(-c4cccc(S(C)(=O)=O)c4)o3)CC2)cc1. The van der Waals surface area contributed by atoms with E-state index in [0.29, 0.717) is 18.4 Å². The number of hydrogen-bond donors (Lipinski definition) is 1. The number of nitrogens with zero attached hydrogens (tertiary/aromatic N) is 3. The average molecular weight is 505 g/mol. The van der Waals surface area contributed by atoms with Crippen molar-refractivity contribution in [3.63, 3.8) is 0 Å². The number of carbonyl (C=O) groups is 1. The second-order valence-corrected chi connectivity index (χ2v) is 12.1. The van der Waals surface area contributed by atoms with Crippen LogP contribution in [0.15, 0.2) is 62.7 Å². The highest BCUT2D eigenvalue weighted by Crippen LogP contribution is 2.26. The van der Waals surface area contributed by atoms with Gasteiger partial charge >= 0.3 is 6.01 Å². The Bertz CT molecular complexity index is 1410. The van der Waals surface area contributed by atoms with Crippen molar-refractivity contribution < 1.29 is 26.0 Å². The van der Waals surface area contributed by atoms with Gasteiger partial charge in [-0.25, -0.2) is 16.8 Å². The molecule has 2 heterocycles. The Morgan fingerprint density at radius 2 is 1.68 bits per heavy atom. The van der Waals surface area contributed by atoms with Gasteiger partial charge < -0.3 is 4.42 Å². The number of aryl methyl sites for hydroxylation is 1. The minimum absolute atomic E-state index is 0.0693. The lowest BCUT2D eigenvalue weighted by Gasteiger charge is -2.30. The smallest absolute Gasteiger partial charge is 0.322 e. The second kappa shape index (κ2) is 9.28. The van der Waals surface area contributed by atoms with Crippen molar-refractivity contribution in [2.45, 2.75) is 29.6 Å². The molecule has 0 unspecified atom stereocenters. The molecule has 1 aliphatic rings. The van der Waals surface area contributed by atoms with Crippen molar-refractivity contribution in [1.82, 2.24) is 14.5 Å². The Hall–Kier alpha value is -3.09. The molecule has 4 rings (SSSR count). The minimum atomic E-state index is -3.61. The van der Waals surface area contributed by atoms with Crippen LogP contribution < -0.4 is 5.32 Å². The van der Waals surface area contributed by atoms with E-state index in [1.54, 1.807) is 36.4 Å². The molecule has 2 aromatic carbocycles. The maximum Gasteiger partial charge on any atom is 0.322 e. The van der Waals surface area contributed by atoms with Crippen LogP contribution in [0.2, 0.25) is 0 Å². The predicted octanol–water partition coefficient (Wildman–Crippen LogP) is 2.49. The van der Waals surface area contributed by atoms with E-state index in [-0.39, 0.29) is 40.7 Å². The summed E-state index contributed by atoms with van der Waals surface area (Å²) in [6.45, 7) is 2.34. The van der Waals surface area contributed by atoms with Gasteiger partial charge in [-0.15, -0.1) is 5.10 Å². The molecule has 0 radical (unpaired) electrons. The van der Waals surface area contributed by atoms with Gasteiger partial charge in [0.05, 0.1) is 9.79 Å². The summed E-state index contributed by atoms with van der Waals surface area (Å²) in [7, 11) is -7.01. The van der Waals surface area contributed by atoms with Gasteiger partial charge in [0.15, 0.2) is 9.84 Å². The molecule has 1 amide bonds. The molecular formula is C22H24N4O6S2. The quantitative estimate of drug-likeness (QED) is 0.540. The first-order valence-corrected chi connectivity index (χ1v) is 13.9. The van der Waals surface area contributed by atoms with Crippen LogP contribution in [0.5, 0.6) is 0 Å². The van der Waals surface area contributed by atoms with Crippen molar-refractivity contribution in [3.05, 3.63) is 54.1 Å². The van der Waals surface area contributed by atoms with Gasteiger partial charge in [0, 0.05) is 30.8 Å². The topological polar surface area (TPSA) is 140 Å². The van der Waals surface area contributed by atoms with E-state index in [9.17, 15) is 21.6 Å². The Kier molecular flexibility index (Phi) is 6.56. The highest BCUT2D eigenvalue weighted by molar-refractivity contribution is 7.90. The minimum Gasteiger partial charge on any atom is -0.403 e. The molecule has 12 heteroatoms. The maximum absolute atomic E-state index is 12.8. The summed E-state index contributed by atoms with van der Waals surface area (Å²) in [6.07, 6.45) is 1.81. The summed E-state index contributed by atoms with van der Waals surface area (Å²) in [5.41, 5.74) is 1.38. The van der Waals surface area contributed by atoms with Crippen molar-refractivity contribution in [2.75, 3.05) is 24.7 Å². The van der Waals surface area contributed by atoms with Crippen LogP contribution in [-0.2, 0) is 24.7 Å². The summed E-state index contributed by atoms with van der Waals surface area (Å²) in [5, 5.41) is 10.3. The summed E-state index contributed by atoms with van der Waals surface area (Å²) >= 11 is 0. The molecule has 0 bridgehead atoms. The zero-order chi connectivity index (χ0) is 24.5. The number of amides is 1. The van der Waals surface area contributed by atoms with Crippen molar-refractivity contribution >= 4 is 31.8 Å². The van der Waals surface area contributed by atoms with Crippen LogP contribution >= 0.6 is 0 Å². The molecule has 1 aromatic heterocycles. The van der Waals surface area contributed by atoms with Crippen LogP contribution in [0, 0.1) is 12.8 Å². The molecule has 0 aliphatic carbocycles. The largest absolute Gasteiger partial charge is 0.403 e. The Morgan fingerprint density at radius 1 is 1.00 bits per heavy atom. The van der Waals surface area contributed by atoms with Gasteiger partial charge in [-0.05, 0) is 50.1 Å². The number of sulfone groups is 1. The third kappa shape index (κ3) is 5.18. The number of aromatic nitrogens is 2. The molecule has 1 aliphatic heterocycles. The molecule has 34 heavy (non-hydrogen) atoms. The number of piperidine rings is 1. The lowest BCUT2D eigenvalue weighted by molar-refractivity contribution is -0.121. The van der Waals surface area contributed by atoms with E-state index in [1.807, 2.05) is 6.92 Å². The van der Waals surface area contributed by atoms with Crippen molar-refractivity contribution in [2.24, 2.45) is 5.92 Å². The number of nitrogens with one attached hydrogen (secondary N) is 1. The molecular weight excluding hydrogens is 480 g/mol. The van der Waals surface area contributed by atoms with Gasteiger partial charge in [0.2, 0.25) is 21.8 Å². The summed E-state index contributed by atoms with van der Waals surface area (Å²) in [6, 6.07) is 12.6. The number of anilines is 1. The first kappa shape index (κ1) is 24.0. The number of benzene rings is 2. The molecule has 0 saturated carbocycles. The van der Waals surface area contributed by atoms with Gasteiger partial charge in [0.25, 0.3) is 0 Å². The van der Waals surface area contributed by atoms with E-state index in [0.717, 1.165) is 11.8 Å². The fraction of sp³-hybridized carbons (Fsp3) is 0.318. The Labute approximate surface area is 198 Å². The molecule has 0 spiro atoms. The number of hydrogen-bond acceptors (Lipinski definition) is 8. The highest BCUT2D eigenvalue weighted by Gasteiger charge is 2.32. The first-order valence-electron chi connectivity index (χ1n) is 10.6. The van der Waals surface area contributed by atoms with Crippen molar-refractivity contribution in [3.8, 4) is 11.5 Å². The predicted molar refractivity (Wildman–Crippen MR) is 124 cm³/mol. The van der Waals surface area contributed by atoms with Crippen LogP contribution in [0.3, 0.4) is 0 Å². The first-order chi connectivity index (χ1) is 16.0. The monoisotopic (exact) mass is 504 g/mol. The third-order valence-electron chi connectivity index (χ3n) is 5.65. The van der Waals surface area contributed by atoms with Crippen LogP contribution in [0.4, 0.5) is 6.01 Å².